The maximum absolute atomic E-state index is 11.8. The molecule has 102 valence electrons. The van der Waals surface area contributed by atoms with Gasteiger partial charge in [-0.2, -0.15) is 5.06 Å². The lowest BCUT2D eigenvalue weighted by atomic mass is 10.1. The Morgan fingerprint density at radius 1 is 1.21 bits per heavy atom. The second kappa shape index (κ2) is 5.69. The van der Waals surface area contributed by atoms with E-state index in [9.17, 15) is 4.79 Å². The van der Waals surface area contributed by atoms with Gasteiger partial charge in [-0.1, -0.05) is 18.2 Å². The minimum absolute atomic E-state index is 0.0489. The fraction of sp³-hybridized carbons (Fsp3) is 0.500. The Hall–Kier alpha value is -1.43. The third-order valence-electron chi connectivity index (χ3n) is 3.58. The van der Waals surface area contributed by atoms with Crippen LogP contribution in [0, 0.1) is 0 Å². The lowest BCUT2D eigenvalue weighted by Gasteiger charge is -2.28. The van der Waals surface area contributed by atoms with E-state index in [-0.39, 0.29) is 5.91 Å². The topological polar surface area (TPSA) is 44.8 Å². The van der Waals surface area contributed by atoms with E-state index in [0.29, 0.717) is 13.0 Å². The van der Waals surface area contributed by atoms with Crippen molar-refractivity contribution in [2.75, 3.05) is 37.8 Å². The molecule has 0 unspecified atom stereocenters. The molecule has 2 aliphatic heterocycles. The molecule has 1 N–H and O–H groups in total. The van der Waals surface area contributed by atoms with E-state index in [1.54, 1.807) is 0 Å². The van der Waals surface area contributed by atoms with E-state index in [2.05, 4.69) is 16.3 Å². The maximum atomic E-state index is 11.8. The number of para-hydroxylation sites is 1. The van der Waals surface area contributed by atoms with Crippen LogP contribution < -0.4 is 10.4 Å². The van der Waals surface area contributed by atoms with Gasteiger partial charge in [-0.25, -0.2) is 0 Å². The van der Waals surface area contributed by atoms with E-state index in [0.717, 1.165) is 44.0 Å². The molecule has 1 amide bonds. The molecule has 2 saturated heterocycles. The summed E-state index contributed by atoms with van der Waals surface area (Å²) in [5, 5.41) is 4.80. The number of anilines is 1. The van der Waals surface area contributed by atoms with Gasteiger partial charge in [-0.05, 0) is 11.6 Å². The van der Waals surface area contributed by atoms with Gasteiger partial charge in [0, 0.05) is 32.7 Å². The van der Waals surface area contributed by atoms with Crippen molar-refractivity contribution in [1.29, 1.82) is 0 Å². The van der Waals surface area contributed by atoms with Gasteiger partial charge < -0.3 is 5.32 Å². The third kappa shape index (κ3) is 2.78. The van der Waals surface area contributed by atoms with Crippen LogP contribution in [-0.4, -0.2) is 43.6 Å². The van der Waals surface area contributed by atoms with E-state index in [1.165, 1.54) is 5.06 Å². The van der Waals surface area contributed by atoms with Crippen molar-refractivity contribution in [2.45, 2.75) is 13.0 Å². The van der Waals surface area contributed by atoms with E-state index in [1.807, 2.05) is 18.2 Å². The Kier molecular flexibility index (Phi) is 3.77. The van der Waals surface area contributed by atoms with Crippen LogP contribution in [0.5, 0.6) is 0 Å². The van der Waals surface area contributed by atoms with Crippen molar-refractivity contribution in [2.24, 2.45) is 0 Å². The van der Waals surface area contributed by atoms with Crippen LogP contribution in [0.25, 0.3) is 0 Å². The molecule has 0 saturated carbocycles. The normalized spacial score (nSPS) is 21.1. The maximum Gasteiger partial charge on any atom is 0.253 e. The summed E-state index contributed by atoms with van der Waals surface area (Å²) in [6.07, 6.45) is 0.474. The number of amides is 1. The molecule has 19 heavy (non-hydrogen) atoms. The van der Waals surface area contributed by atoms with E-state index in [4.69, 9.17) is 4.84 Å². The van der Waals surface area contributed by atoms with Gasteiger partial charge in [0.15, 0.2) is 0 Å². The van der Waals surface area contributed by atoms with Crippen molar-refractivity contribution in [1.82, 2.24) is 10.2 Å². The smallest absolute Gasteiger partial charge is 0.253 e. The first-order valence-corrected chi connectivity index (χ1v) is 6.81. The van der Waals surface area contributed by atoms with Crippen molar-refractivity contribution in [3.63, 3.8) is 0 Å². The molecule has 0 atom stereocenters. The molecule has 0 aromatic heterocycles. The molecule has 0 bridgehead atoms. The number of hydrogen-bond acceptors (Lipinski definition) is 4. The first-order chi connectivity index (χ1) is 9.34. The zero-order valence-electron chi connectivity index (χ0n) is 11.0. The largest absolute Gasteiger partial charge is 0.314 e. The summed E-state index contributed by atoms with van der Waals surface area (Å²) in [5.74, 6) is 0.0489. The summed E-state index contributed by atoms with van der Waals surface area (Å²) in [5.41, 5.74) is 2.04. The van der Waals surface area contributed by atoms with E-state index < -0.39 is 0 Å². The number of benzene rings is 1. The number of carbonyl (C=O) groups excluding carboxylic acids is 1. The van der Waals surface area contributed by atoms with Crippen molar-refractivity contribution in [3.05, 3.63) is 29.8 Å². The van der Waals surface area contributed by atoms with Crippen molar-refractivity contribution >= 4 is 11.6 Å². The third-order valence-corrected chi connectivity index (χ3v) is 3.58. The number of rotatable bonds is 3. The highest BCUT2D eigenvalue weighted by Crippen LogP contribution is 2.25. The first-order valence-electron chi connectivity index (χ1n) is 6.81. The highest BCUT2D eigenvalue weighted by atomic mass is 16.7. The molecule has 2 fully saturated rings. The number of nitrogens with zero attached hydrogens (tertiary/aromatic N) is 2. The van der Waals surface area contributed by atoms with Gasteiger partial charge in [0.2, 0.25) is 0 Å². The predicted molar refractivity (Wildman–Crippen MR) is 72.6 cm³/mol. The Morgan fingerprint density at radius 3 is 2.74 bits per heavy atom. The van der Waals surface area contributed by atoms with E-state index >= 15 is 0 Å². The van der Waals surface area contributed by atoms with Crippen LogP contribution in [0.15, 0.2) is 24.3 Å². The molecular weight excluding hydrogens is 242 g/mol. The number of piperazine rings is 1. The Bertz CT molecular complexity index is 458. The van der Waals surface area contributed by atoms with Gasteiger partial charge >= 0.3 is 0 Å². The molecule has 0 radical (unpaired) electrons. The van der Waals surface area contributed by atoms with Crippen molar-refractivity contribution in [3.8, 4) is 0 Å². The zero-order chi connectivity index (χ0) is 13.1. The average Bonchev–Trinajstić information content (AvgIpc) is 2.87. The van der Waals surface area contributed by atoms with Crippen LogP contribution in [-0.2, 0) is 16.2 Å². The van der Waals surface area contributed by atoms with Crippen LogP contribution in [0.2, 0.25) is 0 Å². The molecule has 2 aliphatic rings. The Balaban J connectivity index is 1.78. The SMILES string of the molecule is O=C1CCON1c1ccccc1CN1CCNCC1. The number of nitrogens with one attached hydrogen (secondary N) is 1. The highest BCUT2D eigenvalue weighted by molar-refractivity contribution is 5.93. The van der Waals surface area contributed by atoms with Gasteiger partial charge in [0.25, 0.3) is 5.91 Å². The lowest BCUT2D eigenvalue weighted by molar-refractivity contribution is -0.119. The number of carbonyl (C=O) groups is 1. The summed E-state index contributed by atoms with van der Waals surface area (Å²) < 4.78 is 0. The monoisotopic (exact) mass is 261 g/mol. The molecule has 5 nitrogen and oxygen atoms in total. The number of hydroxylamine groups is 1. The highest BCUT2D eigenvalue weighted by Gasteiger charge is 2.25. The Morgan fingerprint density at radius 2 is 2.00 bits per heavy atom. The fourth-order valence-electron chi connectivity index (χ4n) is 2.55. The molecule has 1 aromatic carbocycles. The minimum atomic E-state index is 0.0489. The molecule has 5 heteroatoms. The van der Waals surface area contributed by atoms with Crippen LogP contribution in [0.1, 0.15) is 12.0 Å². The first kappa shape index (κ1) is 12.6. The fourth-order valence-corrected chi connectivity index (χ4v) is 2.55. The van der Waals surface area contributed by atoms with Crippen LogP contribution in [0.4, 0.5) is 5.69 Å². The summed E-state index contributed by atoms with van der Waals surface area (Å²) >= 11 is 0. The van der Waals surface area contributed by atoms with Gasteiger partial charge in [0.05, 0.1) is 18.7 Å². The van der Waals surface area contributed by atoms with Gasteiger partial charge in [0.1, 0.15) is 0 Å². The van der Waals surface area contributed by atoms with Gasteiger partial charge in [-0.3, -0.25) is 14.5 Å². The number of hydrogen-bond donors (Lipinski definition) is 1. The summed E-state index contributed by atoms with van der Waals surface area (Å²) in [6, 6.07) is 8.00. The molecule has 0 aliphatic carbocycles. The molecule has 3 rings (SSSR count). The zero-order valence-corrected chi connectivity index (χ0v) is 11.0. The quantitative estimate of drug-likeness (QED) is 0.872. The van der Waals surface area contributed by atoms with Crippen LogP contribution >= 0.6 is 0 Å². The Labute approximate surface area is 113 Å². The molecule has 1 aromatic rings. The standard InChI is InChI=1S/C14H19N3O2/c18-14-5-10-19-17(14)13-4-2-1-3-12(13)11-16-8-6-15-7-9-16/h1-4,15H,5-11H2. The second-order valence-corrected chi connectivity index (χ2v) is 4.93. The lowest BCUT2D eigenvalue weighted by Crippen LogP contribution is -2.43. The molecular formula is C14H19N3O2. The second-order valence-electron chi connectivity index (χ2n) is 4.93. The molecule has 2 heterocycles. The predicted octanol–water partition coefficient (Wildman–Crippen LogP) is 0.760. The molecule has 0 spiro atoms. The van der Waals surface area contributed by atoms with Crippen LogP contribution in [0.3, 0.4) is 0 Å². The van der Waals surface area contributed by atoms with Gasteiger partial charge in [-0.15, -0.1) is 0 Å². The van der Waals surface area contributed by atoms with Crippen molar-refractivity contribution < 1.29 is 9.63 Å². The summed E-state index contributed by atoms with van der Waals surface area (Å²) in [7, 11) is 0. The minimum Gasteiger partial charge on any atom is -0.314 e. The average molecular weight is 261 g/mol. The summed E-state index contributed by atoms with van der Waals surface area (Å²) in [6.45, 7) is 5.50. The summed E-state index contributed by atoms with van der Waals surface area (Å²) in [4.78, 5) is 19.6.